The van der Waals surface area contributed by atoms with Crippen molar-refractivity contribution in [1.29, 1.82) is 0 Å². The number of carbonyl (C=O) groups is 1. The average Bonchev–Trinajstić information content (AvgIpc) is 2.79. The van der Waals surface area contributed by atoms with Crippen molar-refractivity contribution in [2.45, 2.75) is 32.4 Å². The van der Waals surface area contributed by atoms with Crippen molar-refractivity contribution >= 4 is 11.9 Å². The number of carbonyl (C=O) groups excluding carboxylic acids is 1. The number of amides is 1. The number of aliphatic imine (C=N–C) groups is 1. The number of ether oxygens (including phenoxy) is 1. The normalized spacial score (nSPS) is 19.0. The van der Waals surface area contributed by atoms with E-state index in [4.69, 9.17) is 9.73 Å². The number of benzene rings is 2. The van der Waals surface area contributed by atoms with Crippen molar-refractivity contribution in [3.8, 4) is 0 Å². The summed E-state index contributed by atoms with van der Waals surface area (Å²) >= 11 is 0. The van der Waals surface area contributed by atoms with Gasteiger partial charge in [0.1, 0.15) is 0 Å². The summed E-state index contributed by atoms with van der Waals surface area (Å²) in [4.78, 5) is 18.3. The number of rotatable bonds is 7. The number of guanidine groups is 1. The molecule has 2 aromatic rings. The van der Waals surface area contributed by atoms with E-state index in [9.17, 15) is 4.79 Å². The zero-order valence-electron chi connectivity index (χ0n) is 18.8. The highest BCUT2D eigenvalue weighted by Crippen LogP contribution is 2.33. The largest absolute Gasteiger partial charge is 0.373 e. The Kier molecular flexibility index (Phi) is 8.47. The van der Waals surface area contributed by atoms with Gasteiger partial charge in [-0.3, -0.25) is 4.79 Å². The highest BCUT2D eigenvalue weighted by molar-refractivity contribution is 5.86. The second kappa shape index (κ2) is 11.5. The van der Waals surface area contributed by atoms with Crippen molar-refractivity contribution in [2.75, 3.05) is 33.8 Å². The molecule has 1 amide bonds. The second-order valence-electron chi connectivity index (χ2n) is 8.28. The third-order valence-corrected chi connectivity index (χ3v) is 5.55. The highest BCUT2D eigenvalue weighted by atomic mass is 16.5. The summed E-state index contributed by atoms with van der Waals surface area (Å²) in [6.07, 6.45) is 2.21. The molecule has 0 radical (unpaired) electrons. The first-order chi connectivity index (χ1) is 15.0. The highest BCUT2D eigenvalue weighted by Gasteiger charge is 2.27. The van der Waals surface area contributed by atoms with E-state index >= 15 is 0 Å². The topological polar surface area (TPSA) is 66.0 Å². The number of nitrogens with zero attached hydrogens (tertiary/aromatic N) is 2. The lowest BCUT2D eigenvalue weighted by Gasteiger charge is -2.32. The van der Waals surface area contributed by atoms with E-state index in [2.05, 4.69) is 54.0 Å². The lowest BCUT2D eigenvalue weighted by atomic mass is 9.89. The molecule has 31 heavy (non-hydrogen) atoms. The molecule has 0 bridgehead atoms. The smallest absolute Gasteiger partial charge is 0.241 e. The first-order valence-electron chi connectivity index (χ1n) is 11.0. The number of hydrogen-bond acceptors (Lipinski definition) is 3. The van der Waals surface area contributed by atoms with Crippen LogP contribution in [-0.2, 0) is 16.1 Å². The van der Waals surface area contributed by atoms with Crippen molar-refractivity contribution in [2.24, 2.45) is 10.9 Å². The summed E-state index contributed by atoms with van der Waals surface area (Å²) in [5.41, 5.74) is 3.59. The summed E-state index contributed by atoms with van der Waals surface area (Å²) in [7, 11) is 3.51. The van der Waals surface area contributed by atoms with E-state index in [-0.39, 0.29) is 18.6 Å². The van der Waals surface area contributed by atoms with Crippen LogP contribution >= 0.6 is 0 Å². The molecule has 6 heteroatoms. The molecule has 0 aliphatic carbocycles. The third-order valence-electron chi connectivity index (χ3n) is 5.55. The second-order valence-corrected chi connectivity index (χ2v) is 8.28. The minimum absolute atomic E-state index is 0.00717. The van der Waals surface area contributed by atoms with Gasteiger partial charge in [-0.1, -0.05) is 60.2 Å². The van der Waals surface area contributed by atoms with Crippen LogP contribution in [0.25, 0.3) is 0 Å². The van der Waals surface area contributed by atoms with Crippen molar-refractivity contribution in [1.82, 2.24) is 15.5 Å². The Bertz CT molecular complexity index is 850. The van der Waals surface area contributed by atoms with Gasteiger partial charge in [0.15, 0.2) is 5.96 Å². The van der Waals surface area contributed by atoms with Gasteiger partial charge in [-0.2, -0.15) is 0 Å². The van der Waals surface area contributed by atoms with Crippen molar-refractivity contribution in [3.05, 3.63) is 71.3 Å². The maximum Gasteiger partial charge on any atom is 0.241 e. The van der Waals surface area contributed by atoms with Crippen LogP contribution in [0.3, 0.4) is 0 Å². The van der Waals surface area contributed by atoms with Gasteiger partial charge >= 0.3 is 0 Å². The van der Waals surface area contributed by atoms with Gasteiger partial charge in [0.05, 0.1) is 19.2 Å². The lowest BCUT2D eigenvalue weighted by Crippen LogP contribution is -2.45. The molecule has 3 rings (SSSR count). The molecule has 6 nitrogen and oxygen atoms in total. The molecule has 1 heterocycles. The van der Waals surface area contributed by atoms with Gasteiger partial charge in [-0.05, 0) is 30.9 Å². The summed E-state index contributed by atoms with van der Waals surface area (Å²) in [5.74, 6) is 0.991. The molecule has 2 unspecified atom stereocenters. The van der Waals surface area contributed by atoms with Gasteiger partial charge in [-0.15, -0.1) is 0 Å². The Morgan fingerprint density at radius 1 is 1.10 bits per heavy atom. The number of hydrogen-bond donors (Lipinski definition) is 2. The molecule has 166 valence electrons. The molecule has 1 saturated heterocycles. The van der Waals surface area contributed by atoms with Gasteiger partial charge in [0, 0.05) is 33.2 Å². The minimum atomic E-state index is 0.00717. The predicted octanol–water partition coefficient (Wildman–Crippen LogP) is 3.29. The van der Waals surface area contributed by atoms with E-state index in [0.717, 1.165) is 31.6 Å². The third kappa shape index (κ3) is 7.10. The predicted molar refractivity (Wildman–Crippen MR) is 125 cm³/mol. The first-order valence-corrected chi connectivity index (χ1v) is 11.0. The van der Waals surface area contributed by atoms with Crippen LogP contribution in [0.4, 0.5) is 0 Å². The Morgan fingerprint density at radius 3 is 2.55 bits per heavy atom. The molecule has 1 aliphatic heterocycles. The minimum Gasteiger partial charge on any atom is -0.373 e. The van der Waals surface area contributed by atoms with Crippen LogP contribution in [0.5, 0.6) is 0 Å². The molecule has 0 saturated carbocycles. The summed E-state index contributed by atoms with van der Waals surface area (Å²) in [5, 5.41) is 6.63. The van der Waals surface area contributed by atoms with Crippen LogP contribution in [0.2, 0.25) is 0 Å². The Hall–Kier alpha value is -2.86. The van der Waals surface area contributed by atoms with E-state index in [0.29, 0.717) is 18.4 Å². The van der Waals surface area contributed by atoms with Gasteiger partial charge in [0.2, 0.25) is 5.91 Å². The molecule has 1 aliphatic rings. The lowest BCUT2D eigenvalue weighted by molar-refractivity contribution is -0.127. The van der Waals surface area contributed by atoms with Crippen LogP contribution in [0.15, 0.2) is 59.6 Å². The zero-order chi connectivity index (χ0) is 22.1. The molecule has 0 spiro atoms. The Balaban J connectivity index is 1.66. The first kappa shape index (κ1) is 22.8. The van der Waals surface area contributed by atoms with E-state index < -0.39 is 0 Å². The van der Waals surface area contributed by atoms with Crippen LogP contribution in [-0.4, -0.2) is 50.6 Å². The summed E-state index contributed by atoms with van der Waals surface area (Å²) in [6, 6.07) is 18.7. The molecular weight excluding hydrogens is 388 g/mol. The number of nitrogens with one attached hydrogen (secondary N) is 2. The van der Waals surface area contributed by atoms with Gasteiger partial charge < -0.3 is 20.3 Å². The van der Waals surface area contributed by atoms with E-state index in [1.165, 1.54) is 11.1 Å². The monoisotopic (exact) mass is 422 g/mol. The quantitative estimate of drug-likeness (QED) is 0.531. The number of aryl methyl sites for hydroxylation is 1. The fourth-order valence-electron chi connectivity index (χ4n) is 3.65. The molecule has 0 aromatic heterocycles. The Labute approximate surface area is 185 Å². The molecular formula is C25H34N4O2. The van der Waals surface area contributed by atoms with Crippen LogP contribution < -0.4 is 10.6 Å². The summed E-state index contributed by atoms with van der Waals surface area (Å²) in [6.45, 7) is 4.38. The Morgan fingerprint density at radius 2 is 1.84 bits per heavy atom. The maximum absolute atomic E-state index is 12.1. The fraction of sp³-hybridized carbons (Fsp3) is 0.440. The maximum atomic E-state index is 12.1. The van der Waals surface area contributed by atoms with Gasteiger partial charge in [0.25, 0.3) is 0 Å². The van der Waals surface area contributed by atoms with Gasteiger partial charge in [-0.25, -0.2) is 4.99 Å². The van der Waals surface area contributed by atoms with Crippen LogP contribution in [0.1, 0.15) is 35.6 Å². The zero-order valence-corrected chi connectivity index (χ0v) is 18.8. The molecule has 1 fully saturated rings. The molecule has 2 aromatic carbocycles. The summed E-state index contributed by atoms with van der Waals surface area (Å²) < 4.78 is 6.15. The average molecular weight is 423 g/mol. The van der Waals surface area contributed by atoms with Crippen LogP contribution in [0, 0.1) is 12.8 Å². The SMILES string of the molecule is Cc1ccc(C2OCCCC2CNC(=NCc2ccccc2)NCC(=O)N(C)C)cc1. The fourth-order valence-corrected chi connectivity index (χ4v) is 3.65. The molecule has 2 N–H and O–H groups in total. The van der Waals surface area contributed by atoms with E-state index in [1.54, 1.807) is 19.0 Å². The number of likely N-dealkylation sites (N-methyl/N-ethyl adjacent to an activating group) is 1. The van der Waals surface area contributed by atoms with E-state index in [1.807, 2.05) is 18.2 Å². The van der Waals surface area contributed by atoms with Crippen molar-refractivity contribution in [3.63, 3.8) is 0 Å². The van der Waals surface area contributed by atoms with Crippen molar-refractivity contribution < 1.29 is 9.53 Å². The standard InChI is InChI=1S/C25H34N4O2/c1-19-11-13-21(14-12-19)24-22(10-7-15-31-24)17-27-25(28-18-23(30)29(2)3)26-16-20-8-5-4-6-9-20/h4-6,8-9,11-14,22,24H,7,10,15-18H2,1-3H3,(H2,26,27,28). The molecule has 2 atom stereocenters.